The second-order valence-corrected chi connectivity index (χ2v) is 3.82. The first-order valence-electron chi connectivity index (χ1n) is 5.69. The largest absolute Gasteiger partial charge is 0.479 e. The van der Waals surface area contributed by atoms with Crippen molar-refractivity contribution >= 4 is 11.8 Å². The fourth-order valence-electron chi connectivity index (χ4n) is 1.47. The normalized spacial score (nSPS) is 13.9. The molecule has 98 valence electrons. The Hall–Kier alpha value is -1.72. The van der Waals surface area contributed by atoms with Crippen molar-refractivity contribution in [2.75, 3.05) is 0 Å². The van der Waals surface area contributed by atoms with Crippen molar-refractivity contribution in [3.8, 4) is 0 Å². The summed E-state index contributed by atoms with van der Waals surface area (Å²) in [5.41, 5.74) is 0.462. The number of carbonyl (C=O) groups excluding carboxylic acids is 1. The molecule has 5 nitrogen and oxygen atoms in total. The molecule has 5 heteroatoms. The van der Waals surface area contributed by atoms with Gasteiger partial charge in [-0.05, 0) is 6.42 Å². The number of ketones is 1. The minimum Gasteiger partial charge on any atom is -0.479 e. The Morgan fingerprint density at radius 1 is 1.28 bits per heavy atom. The quantitative estimate of drug-likeness (QED) is 0.567. The van der Waals surface area contributed by atoms with Gasteiger partial charge in [-0.15, -0.1) is 0 Å². The summed E-state index contributed by atoms with van der Waals surface area (Å²) in [6, 6.07) is 8.47. The summed E-state index contributed by atoms with van der Waals surface area (Å²) in [5.74, 6) is -1.44. The van der Waals surface area contributed by atoms with Crippen LogP contribution < -0.4 is 0 Å². The number of carboxylic acids is 1. The van der Waals surface area contributed by atoms with Gasteiger partial charge in [-0.25, -0.2) is 4.79 Å². The molecule has 18 heavy (non-hydrogen) atoms. The molecule has 0 radical (unpaired) electrons. The number of benzene rings is 1. The molecule has 0 amide bonds. The van der Waals surface area contributed by atoms with Crippen LogP contribution in [0, 0.1) is 0 Å². The average Bonchev–Trinajstić information content (AvgIpc) is 2.36. The van der Waals surface area contributed by atoms with Gasteiger partial charge in [-0.2, -0.15) is 0 Å². The van der Waals surface area contributed by atoms with E-state index in [1.54, 1.807) is 37.3 Å². The van der Waals surface area contributed by atoms with Crippen molar-refractivity contribution in [2.45, 2.75) is 32.2 Å². The molecule has 2 N–H and O–H groups in total. The first kappa shape index (κ1) is 14.3. The van der Waals surface area contributed by atoms with Crippen LogP contribution in [0.1, 0.15) is 30.1 Å². The monoisotopic (exact) mass is 252 g/mol. The number of aliphatic hydroxyl groups excluding tert-OH is 1. The van der Waals surface area contributed by atoms with E-state index in [1.165, 1.54) is 0 Å². The Labute approximate surface area is 105 Å². The van der Waals surface area contributed by atoms with Crippen LogP contribution in [0.3, 0.4) is 0 Å². The van der Waals surface area contributed by atoms with Crippen LogP contribution in [0.4, 0.5) is 0 Å². The van der Waals surface area contributed by atoms with Crippen LogP contribution in [0.15, 0.2) is 30.3 Å². The number of hydrogen-bond acceptors (Lipinski definition) is 4. The van der Waals surface area contributed by atoms with Gasteiger partial charge in [-0.3, -0.25) is 4.79 Å². The van der Waals surface area contributed by atoms with Crippen molar-refractivity contribution < 1.29 is 24.5 Å². The lowest BCUT2D eigenvalue weighted by atomic mass is 10.1. The fraction of sp³-hybridized carbons (Fsp3) is 0.385. The lowest BCUT2D eigenvalue weighted by Crippen LogP contribution is -2.30. The van der Waals surface area contributed by atoms with Gasteiger partial charge in [0.15, 0.2) is 18.2 Å². The van der Waals surface area contributed by atoms with E-state index in [2.05, 4.69) is 0 Å². The third kappa shape index (κ3) is 4.27. The Bertz CT molecular complexity index is 401. The molecule has 0 fully saturated rings. The number of rotatable bonds is 7. The maximum atomic E-state index is 11.7. The highest BCUT2D eigenvalue weighted by atomic mass is 16.6. The van der Waals surface area contributed by atoms with E-state index in [4.69, 9.17) is 9.84 Å². The number of ether oxygens (including phenoxy) is 1. The Morgan fingerprint density at radius 2 is 1.89 bits per heavy atom. The maximum Gasteiger partial charge on any atom is 0.332 e. The van der Waals surface area contributed by atoms with Gasteiger partial charge in [0.05, 0.1) is 6.42 Å². The number of Topliss-reactive ketones (excluding diaryl/α,β-unsaturated/α-hetero) is 1. The Morgan fingerprint density at radius 3 is 2.39 bits per heavy atom. The van der Waals surface area contributed by atoms with E-state index >= 15 is 0 Å². The average molecular weight is 252 g/mol. The zero-order valence-corrected chi connectivity index (χ0v) is 10.1. The van der Waals surface area contributed by atoms with Crippen LogP contribution in [0.5, 0.6) is 0 Å². The van der Waals surface area contributed by atoms with Crippen molar-refractivity contribution in [2.24, 2.45) is 0 Å². The van der Waals surface area contributed by atoms with Crippen molar-refractivity contribution in [1.29, 1.82) is 0 Å². The van der Waals surface area contributed by atoms with Crippen LogP contribution in [-0.4, -0.2) is 34.4 Å². The van der Waals surface area contributed by atoms with E-state index in [-0.39, 0.29) is 18.6 Å². The SMILES string of the molecule is CCC(O[C@@H](O)CC(=O)c1ccccc1)C(=O)O. The molecule has 1 unspecified atom stereocenters. The lowest BCUT2D eigenvalue weighted by molar-refractivity contribution is -0.174. The predicted octanol–water partition coefficient (Wildman–Crippen LogP) is 1.46. The lowest BCUT2D eigenvalue weighted by Gasteiger charge is -2.16. The fourth-order valence-corrected chi connectivity index (χ4v) is 1.47. The standard InChI is InChI=1S/C13H16O5/c1-2-11(13(16)17)18-12(15)8-10(14)9-6-4-3-5-7-9/h3-7,11-12,15H,2,8H2,1H3,(H,16,17)/t11?,12-/m1/s1. The minimum absolute atomic E-state index is 0.228. The number of aliphatic hydroxyl groups is 1. The molecule has 0 spiro atoms. The van der Waals surface area contributed by atoms with Crippen LogP contribution >= 0.6 is 0 Å². The summed E-state index contributed by atoms with van der Waals surface area (Å²) in [5, 5.41) is 18.3. The summed E-state index contributed by atoms with van der Waals surface area (Å²) >= 11 is 0. The molecule has 0 aliphatic carbocycles. The zero-order chi connectivity index (χ0) is 13.5. The highest BCUT2D eigenvalue weighted by Crippen LogP contribution is 2.09. The molecule has 0 aliphatic heterocycles. The van der Waals surface area contributed by atoms with Gasteiger partial charge in [0.1, 0.15) is 0 Å². The third-order valence-electron chi connectivity index (χ3n) is 2.42. The molecular weight excluding hydrogens is 236 g/mol. The summed E-state index contributed by atoms with van der Waals surface area (Å²) in [4.78, 5) is 22.4. The van der Waals surface area contributed by atoms with E-state index in [1.807, 2.05) is 0 Å². The summed E-state index contributed by atoms with van der Waals surface area (Å²) in [6.45, 7) is 1.63. The van der Waals surface area contributed by atoms with Crippen LogP contribution in [0.25, 0.3) is 0 Å². The van der Waals surface area contributed by atoms with Gasteiger partial charge in [-0.1, -0.05) is 37.3 Å². The molecule has 0 saturated heterocycles. The van der Waals surface area contributed by atoms with Crippen LogP contribution in [0.2, 0.25) is 0 Å². The summed E-state index contributed by atoms with van der Waals surface area (Å²) in [7, 11) is 0. The smallest absolute Gasteiger partial charge is 0.332 e. The van der Waals surface area contributed by atoms with Gasteiger partial charge < -0.3 is 14.9 Å². The Balaban J connectivity index is 2.52. The first-order chi connectivity index (χ1) is 8.54. The molecule has 0 aromatic heterocycles. The molecule has 1 aromatic carbocycles. The summed E-state index contributed by atoms with van der Waals surface area (Å²) in [6.07, 6.45) is -2.53. The van der Waals surface area contributed by atoms with E-state index in [0.717, 1.165) is 0 Å². The van der Waals surface area contributed by atoms with Gasteiger partial charge in [0, 0.05) is 5.56 Å². The molecule has 0 saturated carbocycles. The Kier molecular flexibility index (Phi) is 5.48. The predicted molar refractivity (Wildman–Crippen MR) is 64.2 cm³/mol. The van der Waals surface area contributed by atoms with Gasteiger partial charge in [0.2, 0.25) is 0 Å². The summed E-state index contributed by atoms with van der Waals surface area (Å²) < 4.78 is 4.89. The molecule has 0 bridgehead atoms. The van der Waals surface area contributed by atoms with E-state index in [0.29, 0.717) is 5.56 Å². The molecule has 0 heterocycles. The van der Waals surface area contributed by atoms with Gasteiger partial charge >= 0.3 is 5.97 Å². The van der Waals surface area contributed by atoms with Crippen molar-refractivity contribution in [3.63, 3.8) is 0 Å². The van der Waals surface area contributed by atoms with Gasteiger partial charge in [0.25, 0.3) is 0 Å². The number of hydrogen-bond donors (Lipinski definition) is 2. The minimum atomic E-state index is -1.40. The molecule has 1 aromatic rings. The first-order valence-corrected chi connectivity index (χ1v) is 5.69. The highest BCUT2D eigenvalue weighted by Gasteiger charge is 2.21. The second-order valence-electron chi connectivity index (χ2n) is 3.82. The number of aliphatic carboxylic acids is 1. The van der Waals surface area contributed by atoms with E-state index in [9.17, 15) is 14.7 Å². The maximum absolute atomic E-state index is 11.7. The van der Waals surface area contributed by atoms with Crippen molar-refractivity contribution in [1.82, 2.24) is 0 Å². The molecular formula is C13H16O5. The topological polar surface area (TPSA) is 83.8 Å². The van der Waals surface area contributed by atoms with E-state index < -0.39 is 18.4 Å². The number of carbonyl (C=O) groups is 2. The third-order valence-corrected chi connectivity index (χ3v) is 2.42. The highest BCUT2D eigenvalue weighted by molar-refractivity contribution is 5.96. The molecule has 2 atom stereocenters. The second kappa shape index (κ2) is 6.88. The zero-order valence-electron chi connectivity index (χ0n) is 10.1. The molecule has 0 aliphatic rings. The number of carboxylic acid groups (broad SMARTS) is 1. The van der Waals surface area contributed by atoms with Crippen LogP contribution in [-0.2, 0) is 9.53 Å². The van der Waals surface area contributed by atoms with Crippen molar-refractivity contribution in [3.05, 3.63) is 35.9 Å². The molecule has 1 rings (SSSR count).